The van der Waals surface area contributed by atoms with E-state index in [1.165, 1.54) is 16.6 Å². The van der Waals surface area contributed by atoms with E-state index in [0.717, 1.165) is 17.8 Å². The minimum absolute atomic E-state index is 0.268. The molecule has 1 aromatic heterocycles. The Labute approximate surface area is 128 Å². The third-order valence-electron chi connectivity index (χ3n) is 3.30. The first-order valence-corrected chi connectivity index (χ1v) is 7.14. The van der Waals surface area contributed by atoms with Crippen LogP contribution in [0.15, 0.2) is 60.8 Å². The number of benzene rings is 2. The topological polar surface area (TPSA) is 59.8 Å². The van der Waals surface area contributed by atoms with Crippen LogP contribution in [0.1, 0.15) is 23.0 Å². The van der Waals surface area contributed by atoms with Crippen molar-refractivity contribution >= 4 is 11.6 Å². The van der Waals surface area contributed by atoms with E-state index in [9.17, 15) is 4.79 Å². The molecule has 3 rings (SSSR count). The highest BCUT2D eigenvalue weighted by Gasteiger charge is 2.11. The number of hydrogen-bond acceptors (Lipinski definition) is 3. The molecular weight excluding hydrogens is 276 g/mol. The largest absolute Gasteiger partial charge is 0.321 e. The molecule has 0 spiro atoms. The second-order valence-electron chi connectivity index (χ2n) is 4.86. The highest BCUT2D eigenvalue weighted by Crippen LogP contribution is 2.12. The number of aromatic nitrogens is 3. The number of hydrogen-bond donors (Lipinski definition) is 1. The van der Waals surface area contributed by atoms with Gasteiger partial charge in [0.2, 0.25) is 0 Å². The fourth-order valence-electron chi connectivity index (χ4n) is 2.12. The van der Waals surface area contributed by atoms with Crippen molar-refractivity contribution in [2.24, 2.45) is 0 Å². The zero-order chi connectivity index (χ0) is 15.4. The van der Waals surface area contributed by atoms with E-state index in [-0.39, 0.29) is 11.6 Å². The molecule has 0 aliphatic heterocycles. The van der Waals surface area contributed by atoms with Crippen molar-refractivity contribution in [3.05, 3.63) is 72.1 Å². The van der Waals surface area contributed by atoms with Gasteiger partial charge >= 0.3 is 0 Å². The molecule has 3 aromatic rings. The van der Waals surface area contributed by atoms with Crippen LogP contribution in [-0.2, 0) is 6.42 Å². The first-order chi connectivity index (χ1) is 10.8. The summed E-state index contributed by atoms with van der Waals surface area (Å²) < 4.78 is 0. The van der Waals surface area contributed by atoms with Crippen molar-refractivity contribution in [1.29, 1.82) is 0 Å². The maximum Gasteiger partial charge on any atom is 0.277 e. The molecule has 0 aliphatic carbocycles. The second kappa shape index (κ2) is 6.22. The molecule has 0 saturated heterocycles. The Morgan fingerprint density at radius 3 is 2.73 bits per heavy atom. The quantitative estimate of drug-likeness (QED) is 0.804. The van der Waals surface area contributed by atoms with Crippen LogP contribution in [0.2, 0.25) is 0 Å². The highest BCUT2D eigenvalue weighted by molar-refractivity contribution is 6.02. The summed E-state index contributed by atoms with van der Waals surface area (Å²) >= 11 is 0. The first kappa shape index (κ1) is 14.0. The zero-order valence-electron chi connectivity index (χ0n) is 12.2. The smallest absolute Gasteiger partial charge is 0.277 e. The van der Waals surface area contributed by atoms with Crippen molar-refractivity contribution in [1.82, 2.24) is 15.0 Å². The Bertz CT molecular complexity index is 780. The van der Waals surface area contributed by atoms with E-state index >= 15 is 0 Å². The predicted octanol–water partition coefficient (Wildman–Crippen LogP) is 3.08. The van der Waals surface area contributed by atoms with Crippen LogP contribution >= 0.6 is 0 Å². The van der Waals surface area contributed by atoms with Crippen LogP contribution in [0.3, 0.4) is 0 Å². The Balaban J connectivity index is 1.77. The number of carbonyl (C=O) groups is 1. The lowest BCUT2D eigenvalue weighted by molar-refractivity contribution is 0.102. The number of nitrogens with zero attached hydrogens (tertiary/aromatic N) is 3. The average molecular weight is 292 g/mol. The molecule has 5 nitrogen and oxygen atoms in total. The second-order valence-corrected chi connectivity index (χ2v) is 4.86. The van der Waals surface area contributed by atoms with E-state index in [1.807, 2.05) is 54.6 Å². The summed E-state index contributed by atoms with van der Waals surface area (Å²) in [5.41, 5.74) is 3.03. The minimum Gasteiger partial charge on any atom is -0.321 e. The zero-order valence-corrected chi connectivity index (χ0v) is 12.2. The molecule has 0 fully saturated rings. The molecule has 22 heavy (non-hydrogen) atoms. The minimum atomic E-state index is -0.268. The molecular formula is C17H16N4O. The number of aryl methyl sites for hydroxylation is 1. The van der Waals surface area contributed by atoms with E-state index in [4.69, 9.17) is 0 Å². The number of para-hydroxylation sites is 1. The Hall–Kier alpha value is -2.95. The molecule has 0 unspecified atom stereocenters. The van der Waals surface area contributed by atoms with Crippen LogP contribution in [0, 0.1) is 0 Å². The third kappa shape index (κ3) is 3.03. The van der Waals surface area contributed by atoms with Gasteiger partial charge in [-0.2, -0.15) is 9.90 Å². The van der Waals surface area contributed by atoms with Crippen LogP contribution < -0.4 is 5.32 Å². The van der Waals surface area contributed by atoms with Crippen molar-refractivity contribution in [2.45, 2.75) is 13.3 Å². The molecule has 2 aromatic carbocycles. The number of rotatable bonds is 4. The van der Waals surface area contributed by atoms with E-state index < -0.39 is 0 Å². The fraction of sp³-hybridized carbons (Fsp3) is 0.118. The van der Waals surface area contributed by atoms with Crippen molar-refractivity contribution in [3.63, 3.8) is 0 Å². The molecule has 1 N–H and O–H groups in total. The van der Waals surface area contributed by atoms with E-state index in [2.05, 4.69) is 22.4 Å². The van der Waals surface area contributed by atoms with Gasteiger partial charge in [0.25, 0.3) is 5.91 Å². The standard InChI is InChI=1S/C17H16N4O/c1-2-13-7-6-8-14(11-13)19-17(22)16-12-18-21(20-16)15-9-4-3-5-10-15/h3-12H,2H2,1H3,(H,19,22). The van der Waals surface area contributed by atoms with E-state index in [1.54, 1.807) is 0 Å². The molecule has 1 amide bonds. The Kier molecular flexibility index (Phi) is 3.96. The summed E-state index contributed by atoms with van der Waals surface area (Å²) in [6, 6.07) is 17.2. The highest BCUT2D eigenvalue weighted by atomic mass is 16.2. The predicted molar refractivity (Wildman–Crippen MR) is 85.1 cm³/mol. The maximum absolute atomic E-state index is 12.2. The molecule has 0 atom stereocenters. The van der Waals surface area contributed by atoms with Gasteiger partial charge in [0.05, 0.1) is 11.9 Å². The monoisotopic (exact) mass is 292 g/mol. The van der Waals surface area contributed by atoms with Crippen LogP contribution in [0.25, 0.3) is 5.69 Å². The van der Waals surface area contributed by atoms with Gasteiger partial charge in [-0.15, -0.1) is 5.10 Å². The van der Waals surface area contributed by atoms with Crippen molar-refractivity contribution in [2.75, 3.05) is 5.32 Å². The summed E-state index contributed by atoms with van der Waals surface area (Å²) in [5, 5.41) is 11.2. The van der Waals surface area contributed by atoms with Gasteiger partial charge in [-0.1, -0.05) is 37.3 Å². The molecule has 110 valence electrons. The lowest BCUT2D eigenvalue weighted by Gasteiger charge is -2.04. The molecule has 1 heterocycles. The van der Waals surface area contributed by atoms with Gasteiger partial charge in [-0.25, -0.2) is 0 Å². The van der Waals surface area contributed by atoms with Gasteiger partial charge < -0.3 is 5.32 Å². The summed E-state index contributed by atoms with van der Waals surface area (Å²) in [6.45, 7) is 2.08. The van der Waals surface area contributed by atoms with Crippen molar-refractivity contribution < 1.29 is 4.79 Å². The van der Waals surface area contributed by atoms with E-state index in [0.29, 0.717) is 0 Å². The Morgan fingerprint density at radius 2 is 1.95 bits per heavy atom. The lowest BCUT2D eigenvalue weighted by Crippen LogP contribution is -2.13. The van der Waals surface area contributed by atoms with Crippen LogP contribution in [-0.4, -0.2) is 20.9 Å². The molecule has 0 aliphatic rings. The molecule has 0 radical (unpaired) electrons. The van der Waals surface area contributed by atoms with Gasteiger partial charge in [0.1, 0.15) is 0 Å². The van der Waals surface area contributed by atoms with Gasteiger partial charge in [-0.3, -0.25) is 4.79 Å². The first-order valence-electron chi connectivity index (χ1n) is 7.14. The van der Waals surface area contributed by atoms with Crippen molar-refractivity contribution in [3.8, 4) is 5.69 Å². The number of nitrogens with one attached hydrogen (secondary N) is 1. The maximum atomic E-state index is 12.2. The molecule has 5 heteroatoms. The van der Waals surface area contributed by atoms with Gasteiger partial charge in [0, 0.05) is 5.69 Å². The number of anilines is 1. The number of carbonyl (C=O) groups excluding carboxylic acids is 1. The number of amides is 1. The third-order valence-corrected chi connectivity index (χ3v) is 3.30. The van der Waals surface area contributed by atoms with Crippen LogP contribution in [0.4, 0.5) is 5.69 Å². The van der Waals surface area contributed by atoms with Gasteiger partial charge in [-0.05, 0) is 36.2 Å². The van der Waals surface area contributed by atoms with Gasteiger partial charge in [0.15, 0.2) is 5.69 Å². The van der Waals surface area contributed by atoms with Crippen LogP contribution in [0.5, 0.6) is 0 Å². The fourth-order valence-corrected chi connectivity index (χ4v) is 2.12. The SMILES string of the molecule is CCc1cccc(NC(=O)c2cnn(-c3ccccc3)n2)c1. The summed E-state index contributed by atoms with van der Waals surface area (Å²) in [5.74, 6) is -0.268. The normalized spacial score (nSPS) is 10.4. The lowest BCUT2D eigenvalue weighted by atomic mass is 10.1. The Morgan fingerprint density at radius 1 is 1.14 bits per heavy atom. The summed E-state index contributed by atoms with van der Waals surface area (Å²) in [4.78, 5) is 13.7. The molecule has 0 saturated carbocycles. The molecule has 0 bridgehead atoms. The average Bonchev–Trinajstić information content (AvgIpc) is 3.06. The summed E-state index contributed by atoms with van der Waals surface area (Å²) in [7, 11) is 0. The summed E-state index contributed by atoms with van der Waals surface area (Å²) in [6.07, 6.45) is 2.39.